The molecule has 16 heavy (non-hydrogen) atoms. The topological polar surface area (TPSA) is 79.4 Å². The van der Waals surface area contributed by atoms with Gasteiger partial charge in [0.2, 0.25) is 0 Å². The maximum atomic E-state index is 4.09. The molecular formula is C9H11BrN6. The van der Waals surface area contributed by atoms with Gasteiger partial charge in [0.25, 0.3) is 0 Å². The molecule has 0 aliphatic heterocycles. The molecule has 0 unspecified atom stereocenters. The summed E-state index contributed by atoms with van der Waals surface area (Å²) in [6, 6.07) is 1.84. The van der Waals surface area contributed by atoms with Gasteiger partial charge in [-0.25, -0.2) is 15.0 Å². The van der Waals surface area contributed by atoms with Crippen molar-refractivity contribution >= 4 is 21.7 Å². The van der Waals surface area contributed by atoms with Crippen molar-refractivity contribution in [2.24, 2.45) is 0 Å². The summed E-state index contributed by atoms with van der Waals surface area (Å²) in [5.41, 5.74) is 0. The van der Waals surface area contributed by atoms with E-state index in [0.717, 1.165) is 35.6 Å². The maximum Gasteiger partial charge on any atom is 0.137 e. The summed E-state index contributed by atoms with van der Waals surface area (Å²) in [5, 5.41) is 9.81. The summed E-state index contributed by atoms with van der Waals surface area (Å²) in [4.78, 5) is 12.1. The summed E-state index contributed by atoms with van der Waals surface area (Å²) >= 11 is 3.29. The maximum absolute atomic E-state index is 4.09. The SMILES string of the molecule is Brc1cc(NCCCc2ncn[nH]2)ncn1. The lowest BCUT2D eigenvalue weighted by molar-refractivity contribution is 0.803. The molecule has 0 bridgehead atoms. The van der Waals surface area contributed by atoms with E-state index in [4.69, 9.17) is 0 Å². The lowest BCUT2D eigenvalue weighted by atomic mass is 10.3. The fraction of sp³-hybridized carbons (Fsp3) is 0.333. The van der Waals surface area contributed by atoms with Gasteiger partial charge in [0.1, 0.15) is 28.9 Å². The second kappa shape index (κ2) is 5.55. The van der Waals surface area contributed by atoms with Crippen molar-refractivity contribution in [1.82, 2.24) is 25.1 Å². The zero-order valence-corrected chi connectivity index (χ0v) is 10.1. The number of hydrogen-bond acceptors (Lipinski definition) is 5. The number of anilines is 1. The van der Waals surface area contributed by atoms with Crippen LogP contribution in [0.25, 0.3) is 0 Å². The molecule has 0 spiro atoms. The van der Waals surface area contributed by atoms with E-state index in [1.54, 1.807) is 0 Å². The molecule has 7 heteroatoms. The number of aryl methyl sites for hydroxylation is 1. The Labute approximate surface area is 101 Å². The van der Waals surface area contributed by atoms with E-state index in [1.165, 1.54) is 12.7 Å². The van der Waals surface area contributed by atoms with Gasteiger partial charge in [0, 0.05) is 19.0 Å². The van der Waals surface area contributed by atoms with Gasteiger partial charge in [-0.1, -0.05) is 0 Å². The summed E-state index contributed by atoms with van der Waals surface area (Å²) in [6.07, 6.45) is 4.88. The van der Waals surface area contributed by atoms with Crippen molar-refractivity contribution in [1.29, 1.82) is 0 Å². The minimum Gasteiger partial charge on any atom is -0.370 e. The molecule has 0 saturated heterocycles. The van der Waals surface area contributed by atoms with Crippen LogP contribution in [0, 0.1) is 0 Å². The number of H-pyrrole nitrogens is 1. The minimum atomic E-state index is 0.778. The third-order valence-electron chi connectivity index (χ3n) is 2.00. The van der Waals surface area contributed by atoms with Crippen molar-refractivity contribution in [3.63, 3.8) is 0 Å². The standard InChI is InChI=1S/C9H11BrN6/c10-7-4-9(13-5-12-7)11-3-1-2-8-14-6-15-16-8/h4-6H,1-3H2,(H,11,12,13)(H,14,15,16). The Hall–Kier alpha value is -1.50. The van der Waals surface area contributed by atoms with Crippen LogP contribution >= 0.6 is 15.9 Å². The quantitative estimate of drug-likeness (QED) is 0.640. The summed E-state index contributed by atoms with van der Waals surface area (Å²) in [5.74, 6) is 1.73. The first-order valence-corrected chi connectivity index (χ1v) is 5.69. The van der Waals surface area contributed by atoms with Gasteiger partial charge >= 0.3 is 0 Å². The molecule has 0 saturated carbocycles. The fourth-order valence-electron chi connectivity index (χ4n) is 1.25. The largest absolute Gasteiger partial charge is 0.370 e. The van der Waals surface area contributed by atoms with Crippen LogP contribution < -0.4 is 5.32 Å². The highest BCUT2D eigenvalue weighted by atomic mass is 79.9. The minimum absolute atomic E-state index is 0.778. The van der Waals surface area contributed by atoms with Crippen LogP contribution in [-0.4, -0.2) is 31.7 Å². The second-order valence-electron chi connectivity index (χ2n) is 3.19. The van der Waals surface area contributed by atoms with Gasteiger partial charge in [-0.2, -0.15) is 5.10 Å². The van der Waals surface area contributed by atoms with E-state index in [1.807, 2.05) is 6.07 Å². The molecule has 2 heterocycles. The van der Waals surface area contributed by atoms with Crippen LogP contribution in [-0.2, 0) is 6.42 Å². The van der Waals surface area contributed by atoms with Crippen molar-refractivity contribution in [3.05, 3.63) is 29.1 Å². The predicted molar refractivity (Wildman–Crippen MR) is 62.9 cm³/mol. The van der Waals surface area contributed by atoms with Gasteiger partial charge in [0.15, 0.2) is 0 Å². The van der Waals surface area contributed by atoms with Crippen LogP contribution in [0.15, 0.2) is 23.3 Å². The van der Waals surface area contributed by atoms with Gasteiger partial charge < -0.3 is 5.32 Å². The van der Waals surface area contributed by atoms with Crippen molar-refractivity contribution in [2.75, 3.05) is 11.9 Å². The molecule has 2 aromatic heterocycles. The Balaban J connectivity index is 1.72. The number of halogens is 1. The highest BCUT2D eigenvalue weighted by Crippen LogP contribution is 2.09. The third-order valence-corrected chi connectivity index (χ3v) is 2.43. The first-order valence-electron chi connectivity index (χ1n) is 4.90. The number of rotatable bonds is 5. The van der Waals surface area contributed by atoms with Crippen molar-refractivity contribution in [3.8, 4) is 0 Å². The summed E-state index contributed by atoms with van der Waals surface area (Å²) in [7, 11) is 0. The first-order chi connectivity index (χ1) is 7.84. The van der Waals surface area contributed by atoms with Crippen LogP contribution in [0.4, 0.5) is 5.82 Å². The smallest absolute Gasteiger partial charge is 0.137 e. The van der Waals surface area contributed by atoms with E-state index in [-0.39, 0.29) is 0 Å². The van der Waals surface area contributed by atoms with E-state index in [9.17, 15) is 0 Å². The lowest BCUT2D eigenvalue weighted by Gasteiger charge is -2.03. The second-order valence-corrected chi connectivity index (χ2v) is 4.00. The van der Waals surface area contributed by atoms with Crippen molar-refractivity contribution < 1.29 is 0 Å². The van der Waals surface area contributed by atoms with E-state index in [2.05, 4.69) is 46.4 Å². The van der Waals surface area contributed by atoms with E-state index >= 15 is 0 Å². The Morgan fingerprint density at radius 3 is 2.94 bits per heavy atom. The number of nitrogens with one attached hydrogen (secondary N) is 2. The number of hydrogen-bond donors (Lipinski definition) is 2. The Morgan fingerprint density at radius 2 is 2.19 bits per heavy atom. The Morgan fingerprint density at radius 1 is 1.25 bits per heavy atom. The van der Waals surface area contributed by atoms with Gasteiger partial charge in [-0.05, 0) is 22.4 Å². The van der Waals surface area contributed by atoms with E-state index < -0.39 is 0 Å². The Bertz CT molecular complexity index is 429. The molecule has 0 fully saturated rings. The highest BCUT2D eigenvalue weighted by molar-refractivity contribution is 9.10. The molecule has 0 radical (unpaired) electrons. The van der Waals surface area contributed by atoms with Crippen LogP contribution in [0.3, 0.4) is 0 Å². The summed E-state index contributed by atoms with van der Waals surface area (Å²) in [6.45, 7) is 0.837. The highest BCUT2D eigenvalue weighted by Gasteiger charge is 1.97. The molecule has 0 atom stereocenters. The number of aromatic nitrogens is 5. The number of nitrogens with zero attached hydrogens (tertiary/aromatic N) is 4. The normalized spacial score (nSPS) is 10.3. The molecule has 84 valence electrons. The van der Waals surface area contributed by atoms with Gasteiger partial charge in [-0.3, -0.25) is 5.10 Å². The van der Waals surface area contributed by atoms with Crippen molar-refractivity contribution in [2.45, 2.75) is 12.8 Å². The zero-order chi connectivity index (χ0) is 11.2. The lowest BCUT2D eigenvalue weighted by Crippen LogP contribution is -2.05. The van der Waals surface area contributed by atoms with Crippen LogP contribution in [0.5, 0.6) is 0 Å². The Kier molecular flexibility index (Phi) is 3.81. The van der Waals surface area contributed by atoms with Crippen LogP contribution in [0.1, 0.15) is 12.2 Å². The molecule has 0 amide bonds. The van der Waals surface area contributed by atoms with Gasteiger partial charge in [-0.15, -0.1) is 0 Å². The monoisotopic (exact) mass is 282 g/mol. The molecule has 0 aromatic carbocycles. The fourth-order valence-corrected chi connectivity index (χ4v) is 1.56. The van der Waals surface area contributed by atoms with E-state index in [0.29, 0.717) is 0 Å². The molecule has 2 rings (SSSR count). The molecule has 0 aliphatic rings. The summed E-state index contributed by atoms with van der Waals surface area (Å²) < 4.78 is 0.778. The van der Waals surface area contributed by atoms with Crippen LogP contribution in [0.2, 0.25) is 0 Å². The third kappa shape index (κ3) is 3.27. The number of aromatic amines is 1. The molecule has 2 aromatic rings. The zero-order valence-electron chi connectivity index (χ0n) is 8.52. The molecule has 6 nitrogen and oxygen atoms in total. The van der Waals surface area contributed by atoms with Gasteiger partial charge in [0.05, 0.1) is 0 Å². The predicted octanol–water partition coefficient (Wildman–Crippen LogP) is 1.40. The first kappa shape index (κ1) is 11.0. The molecular weight excluding hydrogens is 272 g/mol. The molecule has 0 aliphatic carbocycles. The average molecular weight is 283 g/mol. The molecule has 2 N–H and O–H groups in total. The average Bonchev–Trinajstić information content (AvgIpc) is 2.77.